The summed E-state index contributed by atoms with van der Waals surface area (Å²) < 4.78 is 0.194. The van der Waals surface area contributed by atoms with Gasteiger partial charge in [-0.25, -0.2) is 0 Å². The maximum absolute atomic E-state index is 6.86. The summed E-state index contributed by atoms with van der Waals surface area (Å²) in [6.45, 7) is 10.2. The van der Waals surface area contributed by atoms with Crippen molar-refractivity contribution in [1.29, 1.82) is 5.41 Å². The van der Waals surface area contributed by atoms with Crippen molar-refractivity contribution in [2.75, 3.05) is 0 Å². The molecule has 0 bridgehead atoms. The molecule has 0 aliphatic rings. The van der Waals surface area contributed by atoms with Crippen LogP contribution in [0.2, 0.25) is 10.0 Å². The molecule has 4 heteroatoms. The third kappa shape index (κ3) is 15.8. The van der Waals surface area contributed by atoms with E-state index < -0.39 is 0 Å². The van der Waals surface area contributed by atoms with E-state index in [-0.39, 0.29) is 4.75 Å². The average Bonchev–Trinajstić information content (AvgIpc) is 2.31. The molecule has 0 saturated carbocycles. The summed E-state index contributed by atoms with van der Waals surface area (Å²) in [6, 6.07) is 5.55. The quantitative estimate of drug-likeness (QED) is 0.481. The van der Waals surface area contributed by atoms with Gasteiger partial charge in [-0.15, -0.1) is 0 Å². The molecule has 1 N–H and O–H groups in total. The Labute approximate surface area is 133 Å². The highest BCUT2D eigenvalue weighted by Gasteiger charge is 1.98. The Morgan fingerprint density at radius 3 is 2.00 bits per heavy atom. The van der Waals surface area contributed by atoms with Crippen LogP contribution in [0.4, 0.5) is 0 Å². The van der Waals surface area contributed by atoms with Gasteiger partial charge in [-0.1, -0.05) is 63.9 Å². The van der Waals surface area contributed by atoms with E-state index in [2.05, 4.69) is 33.4 Å². The van der Waals surface area contributed by atoms with Gasteiger partial charge in [0.05, 0.1) is 10.0 Å². The average molecular weight is 322 g/mol. The van der Waals surface area contributed by atoms with Gasteiger partial charge in [0.15, 0.2) is 0 Å². The summed E-state index contributed by atoms with van der Waals surface area (Å²) in [5.74, 6) is 0. The van der Waals surface area contributed by atoms with Crippen molar-refractivity contribution in [3.63, 3.8) is 0 Å². The first-order chi connectivity index (χ1) is 8.74. The first kappa shape index (κ1) is 21.1. The molecule has 0 saturated heterocycles. The van der Waals surface area contributed by atoms with Crippen LogP contribution in [0, 0.1) is 5.41 Å². The molecule has 0 radical (unpaired) electrons. The van der Waals surface area contributed by atoms with Crippen molar-refractivity contribution in [2.45, 2.75) is 52.2 Å². The highest BCUT2D eigenvalue weighted by Crippen LogP contribution is 2.22. The van der Waals surface area contributed by atoms with Crippen LogP contribution in [-0.2, 0) is 6.42 Å². The molecule has 0 aromatic heterocycles. The maximum atomic E-state index is 6.86. The van der Waals surface area contributed by atoms with Crippen molar-refractivity contribution in [2.24, 2.45) is 0 Å². The van der Waals surface area contributed by atoms with Gasteiger partial charge in [0, 0.05) is 4.75 Å². The molecule has 0 aliphatic heterocycles. The molecule has 0 spiro atoms. The second kappa shape index (κ2) is 11.6. The summed E-state index contributed by atoms with van der Waals surface area (Å²) in [6.07, 6.45) is 2.99. The Bertz CT molecular complexity index is 354. The van der Waals surface area contributed by atoms with E-state index in [1.54, 1.807) is 6.07 Å². The Morgan fingerprint density at radius 2 is 1.63 bits per heavy atom. The third-order valence-corrected chi connectivity index (χ3v) is 2.30. The lowest BCUT2D eigenvalue weighted by atomic mass is 10.1. The minimum Gasteiger partial charge on any atom is -0.313 e. The van der Waals surface area contributed by atoms with Gasteiger partial charge in [0.2, 0.25) is 0 Å². The van der Waals surface area contributed by atoms with E-state index in [9.17, 15) is 0 Å². The van der Waals surface area contributed by atoms with Crippen LogP contribution < -0.4 is 0 Å². The molecule has 0 heterocycles. The lowest BCUT2D eigenvalue weighted by Gasteiger charge is -2.04. The Balaban J connectivity index is 0. The molecule has 0 amide bonds. The normalized spacial score (nSPS) is 9.68. The molecule has 110 valence electrons. The molecule has 0 unspecified atom stereocenters. The molecular formula is C15H25Cl2NS. The molecular weight excluding hydrogens is 297 g/mol. The fourth-order valence-electron chi connectivity index (χ4n) is 0.934. The summed E-state index contributed by atoms with van der Waals surface area (Å²) in [5.41, 5.74) is 1.12. The summed E-state index contributed by atoms with van der Waals surface area (Å²) in [5, 5.41) is 8.03. The molecule has 1 nitrogen and oxygen atoms in total. The number of hydrogen-bond donors (Lipinski definition) is 2. The monoisotopic (exact) mass is 321 g/mol. The van der Waals surface area contributed by atoms with Crippen molar-refractivity contribution in [3.8, 4) is 0 Å². The number of aryl methyl sites for hydroxylation is 1. The largest absolute Gasteiger partial charge is 0.313 e. The molecule has 1 aromatic rings. The van der Waals surface area contributed by atoms with Gasteiger partial charge in [0.1, 0.15) is 0 Å². The lowest BCUT2D eigenvalue weighted by Crippen LogP contribution is -1.99. The van der Waals surface area contributed by atoms with E-state index >= 15 is 0 Å². The smallest absolute Gasteiger partial charge is 0.0595 e. The Kier molecular flexibility index (Phi) is 12.9. The molecule has 19 heavy (non-hydrogen) atoms. The van der Waals surface area contributed by atoms with Crippen molar-refractivity contribution in [1.82, 2.24) is 0 Å². The maximum Gasteiger partial charge on any atom is 0.0595 e. The highest BCUT2D eigenvalue weighted by atomic mass is 35.5. The van der Waals surface area contributed by atoms with Gasteiger partial charge in [-0.2, -0.15) is 12.6 Å². The molecule has 0 aliphatic carbocycles. The standard InChI is InChI=1S/C9H9Cl2N.C4H10S.C2H6/c10-8-4-3-7(2-1-5-12)6-9(8)11;1-4(2,3)5;1-2/h3-6,12H,1-2H2;5H,1-3H3;1-2H3. The van der Waals surface area contributed by atoms with E-state index in [1.807, 2.05) is 26.0 Å². The van der Waals surface area contributed by atoms with Gasteiger partial charge in [0.25, 0.3) is 0 Å². The second-order valence-electron chi connectivity index (χ2n) is 4.66. The van der Waals surface area contributed by atoms with E-state index in [4.69, 9.17) is 28.6 Å². The van der Waals surface area contributed by atoms with Crippen LogP contribution in [0.1, 0.15) is 46.6 Å². The zero-order valence-electron chi connectivity index (χ0n) is 12.4. The predicted octanol–water partition coefficient (Wildman–Crippen LogP) is 6.32. The van der Waals surface area contributed by atoms with Crippen LogP contribution >= 0.6 is 35.8 Å². The fraction of sp³-hybridized carbons (Fsp3) is 0.533. The lowest BCUT2D eigenvalue weighted by molar-refractivity contribution is 0.812. The number of rotatable bonds is 3. The van der Waals surface area contributed by atoms with Crippen LogP contribution in [0.25, 0.3) is 0 Å². The van der Waals surface area contributed by atoms with Crippen molar-refractivity contribution < 1.29 is 0 Å². The number of thiol groups is 1. The first-order valence-corrected chi connectivity index (χ1v) is 7.59. The van der Waals surface area contributed by atoms with Crippen LogP contribution in [0.5, 0.6) is 0 Å². The summed E-state index contributed by atoms with van der Waals surface area (Å²) in [4.78, 5) is 0. The predicted molar refractivity (Wildman–Crippen MR) is 93.7 cm³/mol. The Hall–Kier alpha value is -0.180. The zero-order valence-corrected chi connectivity index (χ0v) is 14.8. The van der Waals surface area contributed by atoms with Gasteiger partial charge < -0.3 is 5.41 Å². The number of nitrogens with one attached hydrogen (secondary N) is 1. The summed E-state index contributed by atoms with van der Waals surface area (Å²) in [7, 11) is 0. The summed E-state index contributed by atoms with van der Waals surface area (Å²) >= 11 is 15.7. The second-order valence-corrected chi connectivity index (χ2v) is 6.82. The molecule has 0 fully saturated rings. The molecule has 0 atom stereocenters. The Morgan fingerprint density at radius 1 is 1.16 bits per heavy atom. The van der Waals surface area contributed by atoms with Gasteiger partial charge in [-0.05, 0) is 36.8 Å². The topological polar surface area (TPSA) is 23.9 Å². The van der Waals surface area contributed by atoms with Gasteiger partial charge in [-0.3, -0.25) is 0 Å². The molecule has 1 aromatic carbocycles. The highest BCUT2D eigenvalue weighted by molar-refractivity contribution is 7.81. The van der Waals surface area contributed by atoms with E-state index in [0.29, 0.717) is 10.0 Å². The van der Waals surface area contributed by atoms with Gasteiger partial charge >= 0.3 is 0 Å². The van der Waals surface area contributed by atoms with E-state index in [0.717, 1.165) is 18.4 Å². The zero-order chi connectivity index (χ0) is 15.5. The SMILES string of the molecule is CC.CC(C)(C)S.N=CCCc1ccc(Cl)c(Cl)c1. The van der Waals surface area contributed by atoms with Crippen LogP contribution in [-0.4, -0.2) is 11.0 Å². The number of hydrogen-bond acceptors (Lipinski definition) is 2. The molecule has 1 rings (SSSR count). The fourth-order valence-corrected chi connectivity index (χ4v) is 1.25. The van der Waals surface area contributed by atoms with E-state index in [1.165, 1.54) is 6.21 Å². The van der Waals surface area contributed by atoms with Crippen LogP contribution in [0.15, 0.2) is 18.2 Å². The van der Waals surface area contributed by atoms with Crippen LogP contribution in [0.3, 0.4) is 0 Å². The number of halogens is 2. The minimum atomic E-state index is 0.194. The first-order valence-electron chi connectivity index (χ1n) is 6.39. The minimum absolute atomic E-state index is 0.194. The van der Waals surface area contributed by atoms with Crippen molar-refractivity contribution >= 4 is 42.0 Å². The third-order valence-electron chi connectivity index (χ3n) is 1.56. The number of benzene rings is 1. The van der Waals surface area contributed by atoms with Crippen molar-refractivity contribution in [3.05, 3.63) is 33.8 Å².